The van der Waals surface area contributed by atoms with Crippen LogP contribution in [0.15, 0.2) is 4.52 Å². The van der Waals surface area contributed by atoms with Crippen molar-refractivity contribution < 1.29 is 4.52 Å². The molecule has 2 aliphatic carbocycles. The number of rotatable bonds is 2. The minimum absolute atomic E-state index is 0.669. The molecule has 0 bridgehead atoms. The Morgan fingerprint density at radius 1 is 1.33 bits per heavy atom. The van der Waals surface area contributed by atoms with Crippen LogP contribution in [0.1, 0.15) is 30.5 Å². The molecule has 64 valence electrons. The molecule has 0 aromatic carbocycles. The van der Waals surface area contributed by atoms with Crippen molar-refractivity contribution in [1.29, 1.82) is 0 Å². The van der Waals surface area contributed by atoms with Crippen molar-refractivity contribution in [3.05, 3.63) is 11.3 Å². The predicted octanol–water partition coefficient (Wildman–Crippen LogP) is 1.74. The van der Waals surface area contributed by atoms with E-state index in [2.05, 4.69) is 10.5 Å². The zero-order chi connectivity index (χ0) is 7.97. The van der Waals surface area contributed by atoms with E-state index in [0.717, 1.165) is 18.7 Å². The highest BCUT2D eigenvalue weighted by Crippen LogP contribution is 2.32. The molecule has 1 heterocycles. The molecule has 12 heavy (non-hydrogen) atoms. The maximum Gasteiger partial charge on any atom is 0.228 e. The van der Waals surface area contributed by atoms with Gasteiger partial charge in [-0.05, 0) is 32.1 Å². The van der Waals surface area contributed by atoms with Crippen LogP contribution < -0.4 is 5.32 Å². The third-order valence-corrected chi connectivity index (χ3v) is 2.62. The first kappa shape index (κ1) is 6.52. The number of nitrogens with one attached hydrogen (secondary N) is 1. The standard InChI is InChI=1S/C9H12N2O/c1-2-7-8(3-1)11-12-9(7)10-6-4-5-6/h6,10H,1-5H2. The summed E-state index contributed by atoms with van der Waals surface area (Å²) in [4.78, 5) is 0. The summed E-state index contributed by atoms with van der Waals surface area (Å²) >= 11 is 0. The molecule has 0 spiro atoms. The Morgan fingerprint density at radius 2 is 2.25 bits per heavy atom. The number of nitrogens with zero attached hydrogens (tertiary/aromatic N) is 1. The maximum absolute atomic E-state index is 5.23. The number of fused-ring (bicyclic) bond motifs is 1. The van der Waals surface area contributed by atoms with Gasteiger partial charge in [0.15, 0.2) is 0 Å². The van der Waals surface area contributed by atoms with E-state index >= 15 is 0 Å². The first-order valence-corrected chi connectivity index (χ1v) is 4.67. The Hall–Kier alpha value is -0.990. The van der Waals surface area contributed by atoms with Gasteiger partial charge in [-0.25, -0.2) is 0 Å². The average Bonchev–Trinajstić information content (AvgIpc) is 2.63. The van der Waals surface area contributed by atoms with Crippen LogP contribution in [-0.4, -0.2) is 11.2 Å². The predicted molar refractivity (Wildman–Crippen MR) is 45.2 cm³/mol. The van der Waals surface area contributed by atoms with Crippen LogP contribution in [0.4, 0.5) is 5.88 Å². The molecule has 0 aliphatic heterocycles. The van der Waals surface area contributed by atoms with E-state index in [1.54, 1.807) is 0 Å². The van der Waals surface area contributed by atoms with Gasteiger partial charge in [0.2, 0.25) is 5.88 Å². The number of hydrogen-bond donors (Lipinski definition) is 1. The first-order valence-electron chi connectivity index (χ1n) is 4.67. The molecule has 0 radical (unpaired) electrons. The second-order valence-corrected chi connectivity index (χ2v) is 3.71. The number of anilines is 1. The molecule has 0 amide bonds. The van der Waals surface area contributed by atoms with Gasteiger partial charge in [-0.3, -0.25) is 0 Å². The van der Waals surface area contributed by atoms with Gasteiger partial charge < -0.3 is 9.84 Å². The lowest BCUT2D eigenvalue weighted by atomic mass is 10.2. The van der Waals surface area contributed by atoms with Gasteiger partial charge in [-0.2, -0.15) is 0 Å². The first-order chi connectivity index (χ1) is 5.93. The Labute approximate surface area is 71.1 Å². The molecule has 1 fully saturated rings. The molecule has 3 rings (SSSR count). The summed E-state index contributed by atoms with van der Waals surface area (Å²) in [6, 6.07) is 0.669. The van der Waals surface area contributed by atoms with Gasteiger partial charge in [0, 0.05) is 11.6 Å². The molecule has 1 aromatic rings. The quantitative estimate of drug-likeness (QED) is 0.723. The average molecular weight is 164 g/mol. The van der Waals surface area contributed by atoms with Gasteiger partial charge in [0.05, 0.1) is 5.69 Å². The molecular weight excluding hydrogens is 152 g/mol. The largest absolute Gasteiger partial charge is 0.351 e. The van der Waals surface area contributed by atoms with Gasteiger partial charge in [-0.1, -0.05) is 5.16 Å². The minimum Gasteiger partial charge on any atom is -0.351 e. The number of hydrogen-bond acceptors (Lipinski definition) is 3. The van der Waals surface area contributed by atoms with Gasteiger partial charge in [-0.15, -0.1) is 0 Å². The molecule has 0 atom stereocenters. The van der Waals surface area contributed by atoms with Crippen molar-refractivity contribution in [3.63, 3.8) is 0 Å². The summed E-state index contributed by atoms with van der Waals surface area (Å²) < 4.78 is 5.23. The fourth-order valence-electron chi connectivity index (χ4n) is 1.76. The molecular formula is C9H12N2O. The van der Waals surface area contributed by atoms with Crippen LogP contribution in [0.5, 0.6) is 0 Å². The van der Waals surface area contributed by atoms with E-state index in [1.165, 1.54) is 30.5 Å². The van der Waals surface area contributed by atoms with Crippen molar-refractivity contribution in [1.82, 2.24) is 5.16 Å². The van der Waals surface area contributed by atoms with E-state index in [0.29, 0.717) is 6.04 Å². The van der Waals surface area contributed by atoms with Crippen LogP contribution in [0.25, 0.3) is 0 Å². The van der Waals surface area contributed by atoms with Crippen LogP contribution in [0, 0.1) is 0 Å². The smallest absolute Gasteiger partial charge is 0.228 e. The normalized spacial score (nSPS) is 21.0. The molecule has 3 nitrogen and oxygen atoms in total. The highest BCUT2D eigenvalue weighted by atomic mass is 16.5. The molecule has 0 unspecified atom stereocenters. The molecule has 1 saturated carbocycles. The lowest BCUT2D eigenvalue weighted by Gasteiger charge is -1.98. The fraction of sp³-hybridized carbons (Fsp3) is 0.667. The summed E-state index contributed by atoms with van der Waals surface area (Å²) in [6.07, 6.45) is 6.07. The third kappa shape index (κ3) is 0.924. The van der Waals surface area contributed by atoms with Crippen molar-refractivity contribution in [2.45, 2.75) is 38.1 Å². The van der Waals surface area contributed by atoms with Gasteiger partial charge >= 0.3 is 0 Å². The Balaban J connectivity index is 1.88. The monoisotopic (exact) mass is 164 g/mol. The molecule has 2 aliphatic rings. The zero-order valence-corrected chi connectivity index (χ0v) is 6.97. The highest BCUT2D eigenvalue weighted by molar-refractivity contribution is 5.47. The van der Waals surface area contributed by atoms with Crippen LogP contribution >= 0.6 is 0 Å². The van der Waals surface area contributed by atoms with Crippen molar-refractivity contribution in [2.24, 2.45) is 0 Å². The minimum atomic E-state index is 0.669. The van der Waals surface area contributed by atoms with E-state index in [9.17, 15) is 0 Å². The topological polar surface area (TPSA) is 38.1 Å². The summed E-state index contributed by atoms with van der Waals surface area (Å²) in [5, 5.41) is 7.41. The van der Waals surface area contributed by atoms with Crippen molar-refractivity contribution in [2.75, 3.05) is 5.32 Å². The van der Waals surface area contributed by atoms with Crippen LogP contribution in [0.2, 0.25) is 0 Å². The van der Waals surface area contributed by atoms with Crippen LogP contribution in [0.3, 0.4) is 0 Å². The summed E-state index contributed by atoms with van der Waals surface area (Å²) in [7, 11) is 0. The fourth-order valence-corrected chi connectivity index (χ4v) is 1.76. The van der Waals surface area contributed by atoms with Gasteiger partial charge in [0.1, 0.15) is 0 Å². The Morgan fingerprint density at radius 3 is 3.08 bits per heavy atom. The van der Waals surface area contributed by atoms with Crippen molar-refractivity contribution in [3.8, 4) is 0 Å². The van der Waals surface area contributed by atoms with E-state index < -0.39 is 0 Å². The molecule has 1 aromatic heterocycles. The third-order valence-electron chi connectivity index (χ3n) is 2.62. The second-order valence-electron chi connectivity index (χ2n) is 3.71. The number of aromatic nitrogens is 1. The molecule has 3 heteroatoms. The highest BCUT2D eigenvalue weighted by Gasteiger charge is 2.27. The number of aryl methyl sites for hydroxylation is 1. The lowest BCUT2D eigenvalue weighted by molar-refractivity contribution is 0.420. The summed E-state index contributed by atoms with van der Waals surface area (Å²) in [5.41, 5.74) is 2.51. The van der Waals surface area contributed by atoms with E-state index in [1.807, 2.05) is 0 Å². The Bertz CT molecular complexity index is 301. The maximum atomic E-state index is 5.23. The van der Waals surface area contributed by atoms with Crippen LogP contribution in [-0.2, 0) is 12.8 Å². The Kier molecular flexibility index (Phi) is 1.22. The summed E-state index contributed by atoms with van der Waals surface area (Å²) in [5.74, 6) is 0.949. The zero-order valence-electron chi connectivity index (χ0n) is 6.97. The molecule has 0 saturated heterocycles. The van der Waals surface area contributed by atoms with E-state index in [-0.39, 0.29) is 0 Å². The lowest BCUT2D eigenvalue weighted by Crippen LogP contribution is -2.01. The van der Waals surface area contributed by atoms with Gasteiger partial charge in [0.25, 0.3) is 0 Å². The second kappa shape index (κ2) is 2.25. The SMILES string of the molecule is C1Cc2noc(NC3CC3)c2C1. The van der Waals surface area contributed by atoms with E-state index in [4.69, 9.17) is 4.52 Å². The summed E-state index contributed by atoms with van der Waals surface area (Å²) in [6.45, 7) is 0. The van der Waals surface area contributed by atoms with Crippen molar-refractivity contribution >= 4 is 5.88 Å². The molecule has 1 N–H and O–H groups in total.